The van der Waals surface area contributed by atoms with Crippen LogP contribution in [-0.2, 0) is 16.1 Å². The molecule has 0 bridgehead atoms. The largest absolute Gasteiger partial charge is 0.339 e. The van der Waals surface area contributed by atoms with Crippen LogP contribution in [-0.4, -0.2) is 76.8 Å². The van der Waals surface area contributed by atoms with Gasteiger partial charge in [0.2, 0.25) is 11.8 Å². The van der Waals surface area contributed by atoms with Gasteiger partial charge in [-0.05, 0) is 31.4 Å². The third-order valence-corrected chi connectivity index (χ3v) is 5.94. The molecule has 0 saturated carbocycles. The van der Waals surface area contributed by atoms with E-state index in [2.05, 4.69) is 17.9 Å². The highest BCUT2D eigenvalue weighted by Crippen LogP contribution is 2.21. The van der Waals surface area contributed by atoms with E-state index in [1.165, 1.54) is 5.01 Å². The lowest BCUT2D eigenvalue weighted by Gasteiger charge is -2.38. The molecule has 3 heterocycles. The SMILES string of the molecule is Cc1ccc(C(=O)N2CCCC2)c(CN2CCN(N3C(=O)CCC3=O)CC2)c1. The number of hydrogen-bond donors (Lipinski definition) is 0. The van der Waals surface area contributed by atoms with Crippen LogP contribution in [0.15, 0.2) is 18.2 Å². The molecule has 3 amide bonds. The minimum absolute atomic E-state index is 0.0874. The van der Waals surface area contributed by atoms with Crippen LogP contribution in [0.2, 0.25) is 0 Å². The van der Waals surface area contributed by atoms with Gasteiger partial charge in [0.05, 0.1) is 0 Å². The average molecular weight is 384 g/mol. The summed E-state index contributed by atoms with van der Waals surface area (Å²) in [5.74, 6) is -0.0364. The van der Waals surface area contributed by atoms with E-state index in [1.807, 2.05) is 22.0 Å². The van der Waals surface area contributed by atoms with E-state index in [9.17, 15) is 14.4 Å². The van der Waals surface area contributed by atoms with Crippen molar-refractivity contribution in [3.8, 4) is 0 Å². The van der Waals surface area contributed by atoms with Gasteiger partial charge in [-0.2, -0.15) is 0 Å². The number of hydrogen-bond acceptors (Lipinski definition) is 5. The Bertz CT molecular complexity index is 764. The maximum absolute atomic E-state index is 12.9. The van der Waals surface area contributed by atoms with Crippen LogP contribution in [0.4, 0.5) is 0 Å². The predicted octanol–water partition coefficient (Wildman–Crippen LogP) is 1.41. The number of aryl methyl sites for hydroxylation is 1. The zero-order chi connectivity index (χ0) is 19.7. The number of imide groups is 1. The van der Waals surface area contributed by atoms with E-state index in [1.54, 1.807) is 0 Å². The van der Waals surface area contributed by atoms with Crippen molar-refractivity contribution in [1.29, 1.82) is 0 Å². The molecule has 0 aromatic heterocycles. The topological polar surface area (TPSA) is 64.2 Å². The zero-order valence-electron chi connectivity index (χ0n) is 16.5. The van der Waals surface area contributed by atoms with Gasteiger partial charge in [0.1, 0.15) is 0 Å². The van der Waals surface area contributed by atoms with Crippen LogP contribution < -0.4 is 0 Å². The first-order chi connectivity index (χ1) is 13.5. The van der Waals surface area contributed by atoms with Crippen molar-refractivity contribution >= 4 is 17.7 Å². The molecule has 150 valence electrons. The predicted molar refractivity (Wildman–Crippen MR) is 104 cm³/mol. The molecule has 1 aromatic carbocycles. The smallest absolute Gasteiger partial charge is 0.254 e. The maximum Gasteiger partial charge on any atom is 0.254 e. The molecule has 0 aliphatic carbocycles. The van der Waals surface area contributed by atoms with Gasteiger partial charge >= 0.3 is 0 Å². The lowest BCUT2D eigenvalue weighted by atomic mass is 10.0. The molecule has 4 rings (SSSR count). The van der Waals surface area contributed by atoms with E-state index in [0.717, 1.165) is 55.7 Å². The number of rotatable bonds is 4. The normalized spacial score (nSPS) is 21.8. The van der Waals surface area contributed by atoms with Crippen LogP contribution in [0.3, 0.4) is 0 Å². The van der Waals surface area contributed by atoms with Crippen LogP contribution >= 0.6 is 0 Å². The zero-order valence-corrected chi connectivity index (χ0v) is 16.5. The highest BCUT2D eigenvalue weighted by molar-refractivity contribution is 6.01. The highest BCUT2D eigenvalue weighted by atomic mass is 16.2. The number of benzene rings is 1. The van der Waals surface area contributed by atoms with Crippen LogP contribution in [0.5, 0.6) is 0 Å². The summed E-state index contributed by atoms with van der Waals surface area (Å²) in [5.41, 5.74) is 3.03. The van der Waals surface area contributed by atoms with Gasteiger partial charge in [-0.15, -0.1) is 0 Å². The van der Waals surface area contributed by atoms with E-state index in [0.29, 0.717) is 32.5 Å². The van der Waals surface area contributed by atoms with Crippen LogP contribution in [0.25, 0.3) is 0 Å². The summed E-state index contributed by atoms with van der Waals surface area (Å²) in [6, 6.07) is 6.08. The Labute approximate surface area is 165 Å². The first-order valence-corrected chi connectivity index (χ1v) is 10.2. The Kier molecular flexibility index (Phi) is 5.46. The first-order valence-electron chi connectivity index (χ1n) is 10.2. The fraction of sp³-hybridized carbons (Fsp3) is 0.571. The minimum Gasteiger partial charge on any atom is -0.339 e. The van der Waals surface area contributed by atoms with Gasteiger partial charge in [-0.3, -0.25) is 19.3 Å². The molecule has 3 aliphatic rings. The third-order valence-electron chi connectivity index (χ3n) is 5.94. The molecular weight excluding hydrogens is 356 g/mol. The fourth-order valence-electron chi connectivity index (χ4n) is 4.37. The summed E-state index contributed by atoms with van der Waals surface area (Å²) in [6.07, 6.45) is 2.82. The van der Waals surface area contributed by atoms with Gasteiger partial charge in [0.25, 0.3) is 5.91 Å². The highest BCUT2D eigenvalue weighted by Gasteiger charge is 2.35. The number of hydrazine groups is 1. The van der Waals surface area contributed by atoms with E-state index in [-0.39, 0.29) is 17.7 Å². The first kappa shape index (κ1) is 19.1. The van der Waals surface area contributed by atoms with E-state index >= 15 is 0 Å². The second kappa shape index (κ2) is 8.01. The van der Waals surface area contributed by atoms with Crippen molar-refractivity contribution in [2.24, 2.45) is 0 Å². The summed E-state index contributed by atoms with van der Waals surface area (Å²) >= 11 is 0. The van der Waals surface area contributed by atoms with Gasteiger partial charge in [-0.25, -0.2) is 10.0 Å². The molecule has 7 heteroatoms. The molecule has 0 N–H and O–H groups in total. The maximum atomic E-state index is 12.9. The molecule has 3 fully saturated rings. The Balaban J connectivity index is 1.42. The number of amides is 3. The molecular formula is C21H28N4O3. The van der Waals surface area contributed by atoms with Crippen molar-refractivity contribution < 1.29 is 14.4 Å². The Morgan fingerprint density at radius 1 is 0.929 bits per heavy atom. The number of carbonyl (C=O) groups is 3. The summed E-state index contributed by atoms with van der Waals surface area (Å²) in [6.45, 7) is 7.30. The molecule has 7 nitrogen and oxygen atoms in total. The van der Waals surface area contributed by atoms with Crippen molar-refractivity contribution in [3.05, 3.63) is 34.9 Å². The molecule has 28 heavy (non-hydrogen) atoms. The lowest BCUT2D eigenvalue weighted by molar-refractivity contribution is -0.160. The molecule has 0 atom stereocenters. The number of likely N-dealkylation sites (tertiary alicyclic amines) is 1. The van der Waals surface area contributed by atoms with Crippen molar-refractivity contribution in [2.75, 3.05) is 39.3 Å². The van der Waals surface area contributed by atoms with E-state index in [4.69, 9.17) is 0 Å². The number of nitrogens with zero attached hydrogens (tertiary/aromatic N) is 4. The van der Waals surface area contributed by atoms with Gasteiger partial charge in [0, 0.05) is 64.2 Å². The molecule has 0 radical (unpaired) electrons. The quantitative estimate of drug-likeness (QED) is 0.735. The van der Waals surface area contributed by atoms with Gasteiger partial charge in [0.15, 0.2) is 0 Å². The number of carbonyl (C=O) groups excluding carboxylic acids is 3. The Morgan fingerprint density at radius 3 is 2.21 bits per heavy atom. The van der Waals surface area contributed by atoms with Crippen LogP contribution in [0, 0.1) is 6.92 Å². The lowest BCUT2D eigenvalue weighted by Crippen LogP contribution is -2.55. The second-order valence-corrected chi connectivity index (χ2v) is 7.99. The standard InChI is InChI=1S/C21H28N4O3/c1-16-4-5-18(21(28)23-8-2-3-9-23)17(14-16)15-22-10-12-24(13-11-22)25-19(26)6-7-20(25)27/h4-5,14H,2-3,6-13,15H2,1H3. The number of piperazine rings is 1. The summed E-state index contributed by atoms with van der Waals surface area (Å²) in [7, 11) is 0. The molecule has 1 aromatic rings. The minimum atomic E-state index is -0.0874. The van der Waals surface area contributed by atoms with Gasteiger partial charge in [-0.1, -0.05) is 17.7 Å². The van der Waals surface area contributed by atoms with Crippen molar-refractivity contribution in [3.63, 3.8) is 0 Å². The fourth-order valence-corrected chi connectivity index (χ4v) is 4.37. The second-order valence-electron chi connectivity index (χ2n) is 7.99. The Morgan fingerprint density at radius 2 is 1.57 bits per heavy atom. The average Bonchev–Trinajstić information content (AvgIpc) is 3.33. The molecule has 0 unspecified atom stereocenters. The van der Waals surface area contributed by atoms with Crippen molar-refractivity contribution in [2.45, 2.75) is 39.2 Å². The van der Waals surface area contributed by atoms with Crippen LogP contribution in [0.1, 0.15) is 47.2 Å². The molecule has 3 aliphatic heterocycles. The molecule has 0 spiro atoms. The summed E-state index contributed by atoms with van der Waals surface area (Å²) in [5, 5.41) is 3.22. The van der Waals surface area contributed by atoms with Crippen molar-refractivity contribution in [1.82, 2.24) is 19.8 Å². The summed E-state index contributed by atoms with van der Waals surface area (Å²) < 4.78 is 0. The Hall–Kier alpha value is -2.25. The summed E-state index contributed by atoms with van der Waals surface area (Å²) in [4.78, 5) is 41.1. The third kappa shape index (κ3) is 3.82. The molecule has 3 saturated heterocycles. The van der Waals surface area contributed by atoms with Gasteiger partial charge < -0.3 is 4.90 Å². The van der Waals surface area contributed by atoms with E-state index < -0.39 is 0 Å². The monoisotopic (exact) mass is 384 g/mol.